The van der Waals surface area contributed by atoms with Crippen LogP contribution in [0.4, 0.5) is 11.4 Å². The summed E-state index contributed by atoms with van der Waals surface area (Å²) in [6.45, 7) is 10.1. The van der Waals surface area contributed by atoms with Crippen LogP contribution in [-0.4, -0.2) is 111 Å². The molecule has 0 aromatic heterocycles. The number of carbonyl (C=O) groups is 2. The van der Waals surface area contributed by atoms with Gasteiger partial charge in [0.2, 0.25) is 0 Å². The van der Waals surface area contributed by atoms with Gasteiger partial charge in [-0.2, -0.15) is 12.6 Å². The number of amides is 2. The number of carbonyl (C=O) groups excluding carboxylic acids is 2. The summed E-state index contributed by atoms with van der Waals surface area (Å²) in [4.78, 5) is 34.8. The maximum absolute atomic E-state index is 14.0. The van der Waals surface area contributed by atoms with Gasteiger partial charge in [0.05, 0.1) is 69.2 Å². The van der Waals surface area contributed by atoms with Crippen molar-refractivity contribution in [2.75, 3.05) is 76.6 Å². The van der Waals surface area contributed by atoms with Crippen molar-refractivity contribution >= 4 is 49.2 Å². The van der Waals surface area contributed by atoms with Crippen molar-refractivity contribution in [2.24, 2.45) is 4.99 Å². The predicted molar refractivity (Wildman–Crippen MR) is 187 cm³/mol. The number of methoxy groups -OCH3 is 2. The number of hydrogen-bond donors (Lipinski definition) is 2. The number of nitrogens with one attached hydrogen (secondary N) is 1. The van der Waals surface area contributed by atoms with Gasteiger partial charge in [-0.25, -0.2) is 0 Å². The van der Waals surface area contributed by atoms with Crippen molar-refractivity contribution in [1.82, 2.24) is 9.80 Å². The number of benzene rings is 2. The zero-order chi connectivity index (χ0) is 33.3. The summed E-state index contributed by atoms with van der Waals surface area (Å²) in [5, 5.41) is 3.39. The summed E-state index contributed by atoms with van der Waals surface area (Å²) >= 11 is 4.37. The molecule has 1 unspecified atom stereocenters. The first-order valence-electron chi connectivity index (χ1n) is 15.7. The molecule has 250 valence electrons. The molecule has 6 rings (SSSR count). The molecule has 2 aromatic rings. The summed E-state index contributed by atoms with van der Waals surface area (Å²) in [5.74, 6) is 2.02. The molecule has 4 aliphatic heterocycles. The van der Waals surface area contributed by atoms with Crippen LogP contribution in [0.1, 0.15) is 33.6 Å². The van der Waals surface area contributed by atoms with Gasteiger partial charge in [0, 0.05) is 56.5 Å². The summed E-state index contributed by atoms with van der Waals surface area (Å²) in [6.07, 6.45) is 4.29. The van der Waals surface area contributed by atoms with Gasteiger partial charge in [-0.3, -0.25) is 14.6 Å². The van der Waals surface area contributed by atoms with Crippen LogP contribution in [0.15, 0.2) is 53.6 Å². The number of rotatable bonds is 12. The van der Waals surface area contributed by atoms with Crippen molar-refractivity contribution in [3.8, 4) is 23.0 Å². The van der Waals surface area contributed by atoms with Crippen LogP contribution in [0, 0.1) is 0 Å². The van der Waals surface area contributed by atoms with Crippen LogP contribution >= 0.6 is 19.8 Å². The fraction of sp³-hybridized carbons (Fsp3) is 0.441. The predicted octanol–water partition coefficient (Wildman–Crippen LogP) is 5.14. The smallest absolute Gasteiger partial charge is 0.257 e. The van der Waals surface area contributed by atoms with Gasteiger partial charge in [-0.1, -0.05) is 24.3 Å². The second-order valence-electron chi connectivity index (χ2n) is 12.4. The van der Waals surface area contributed by atoms with E-state index < -0.39 is 7.14 Å². The molecule has 0 bridgehead atoms. The van der Waals surface area contributed by atoms with E-state index in [0.717, 1.165) is 17.6 Å². The molecule has 4 heterocycles. The van der Waals surface area contributed by atoms with E-state index in [-0.39, 0.29) is 37.1 Å². The van der Waals surface area contributed by atoms with Gasteiger partial charge < -0.3 is 38.6 Å². The Bertz CT molecular complexity index is 1690. The molecule has 47 heavy (non-hydrogen) atoms. The lowest BCUT2D eigenvalue weighted by atomic mass is 10.1. The van der Waals surface area contributed by atoms with Crippen molar-refractivity contribution in [1.29, 1.82) is 0 Å². The minimum Gasteiger partial charge on any atom is -0.493 e. The molecule has 4 aliphatic rings. The van der Waals surface area contributed by atoms with Gasteiger partial charge >= 0.3 is 0 Å². The Hall–Kier alpha value is -3.89. The molecule has 0 saturated carbocycles. The molecule has 2 fully saturated rings. The quantitative estimate of drug-likeness (QED) is 0.180. The minimum atomic E-state index is -2.75. The van der Waals surface area contributed by atoms with Crippen LogP contribution in [-0.2, 0) is 4.57 Å². The standard InChI is InChI=1S/C34H41N4O7PS/c1-21-11-23-17-35-27-15-31(29(42-3)13-25(27)33(39)37(23)19-21)44-5-7-46(41,9-10-47)8-6-45-32-16-28-26(14-30(32)43-4)34(40)38-20-22(2)12-24(38)18-36-28/h13-17,23-24,36,47H,1-2,5-12,18-20H2,3-4H3/t23-,24-,46?/m0/s1. The second-order valence-corrected chi connectivity index (χ2v) is 16.3. The molecule has 13 heteroatoms. The number of thiol groups is 1. The van der Waals surface area contributed by atoms with Crippen molar-refractivity contribution < 1.29 is 33.1 Å². The summed E-state index contributed by atoms with van der Waals surface area (Å²) < 4.78 is 37.4. The van der Waals surface area contributed by atoms with E-state index in [1.165, 1.54) is 14.2 Å². The van der Waals surface area contributed by atoms with E-state index in [1.807, 2.05) is 4.90 Å². The highest BCUT2D eigenvalue weighted by molar-refractivity contribution is 7.81. The third kappa shape index (κ3) is 6.76. The Labute approximate surface area is 280 Å². The Kier molecular flexibility index (Phi) is 9.62. The minimum absolute atomic E-state index is 0.0617. The van der Waals surface area contributed by atoms with E-state index in [4.69, 9.17) is 18.9 Å². The molecule has 2 saturated heterocycles. The van der Waals surface area contributed by atoms with E-state index in [2.05, 4.69) is 36.1 Å². The number of hydrogen-bond acceptors (Lipinski definition) is 10. The van der Waals surface area contributed by atoms with E-state index in [9.17, 15) is 14.2 Å². The highest BCUT2D eigenvalue weighted by atomic mass is 32.1. The number of anilines is 1. The van der Waals surface area contributed by atoms with Gasteiger partial charge in [-0.05, 0) is 30.7 Å². The van der Waals surface area contributed by atoms with Crippen LogP contribution in [0.2, 0.25) is 0 Å². The fourth-order valence-electron chi connectivity index (χ4n) is 6.60. The molecule has 1 N–H and O–H groups in total. The van der Waals surface area contributed by atoms with Crippen LogP contribution < -0.4 is 24.3 Å². The van der Waals surface area contributed by atoms with Gasteiger partial charge in [0.1, 0.15) is 0 Å². The lowest BCUT2D eigenvalue weighted by Crippen LogP contribution is -2.36. The summed E-state index contributed by atoms with van der Waals surface area (Å²) in [6, 6.07) is 6.80. The third-order valence-electron chi connectivity index (χ3n) is 9.15. The molecule has 0 radical (unpaired) electrons. The van der Waals surface area contributed by atoms with E-state index in [1.54, 1.807) is 35.4 Å². The molecule has 3 atom stereocenters. The second kappa shape index (κ2) is 13.7. The largest absolute Gasteiger partial charge is 0.493 e. The van der Waals surface area contributed by atoms with Crippen molar-refractivity contribution in [2.45, 2.75) is 24.9 Å². The molecule has 2 amide bonds. The number of fused-ring (bicyclic) bond motifs is 4. The van der Waals surface area contributed by atoms with Gasteiger partial charge in [0.25, 0.3) is 11.8 Å². The monoisotopic (exact) mass is 680 g/mol. The van der Waals surface area contributed by atoms with Crippen LogP contribution in [0.5, 0.6) is 23.0 Å². The van der Waals surface area contributed by atoms with Gasteiger partial charge in [0.15, 0.2) is 23.0 Å². The zero-order valence-electron chi connectivity index (χ0n) is 26.8. The first-order valence-corrected chi connectivity index (χ1v) is 18.6. The van der Waals surface area contributed by atoms with E-state index in [0.29, 0.717) is 95.8 Å². The van der Waals surface area contributed by atoms with Crippen molar-refractivity contribution in [3.05, 3.63) is 59.7 Å². The summed E-state index contributed by atoms with van der Waals surface area (Å²) in [5.41, 5.74) is 4.21. The van der Waals surface area contributed by atoms with E-state index >= 15 is 0 Å². The molecular formula is C34H41N4O7PS. The average molecular weight is 681 g/mol. The third-order valence-corrected chi connectivity index (χ3v) is 12.8. The topological polar surface area (TPSA) is 119 Å². The first-order chi connectivity index (χ1) is 22.6. The maximum atomic E-state index is 14.0. The highest BCUT2D eigenvalue weighted by Gasteiger charge is 2.36. The Morgan fingerprint density at radius 2 is 1.49 bits per heavy atom. The fourth-order valence-corrected chi connectivity index (χ4v) is 9.58. The molecule has 11 nitrogen and oxygen atoms in total. The number of aliphatic imine (C=N–C) groups is 1. The Balaban J connectivity index is 1.10. The number of ether oxygens (including phenoxy) is 4. The molecule has 0 spiro atoms. The lowest BCUT2D eigenvalue weighted by molar-refractivity contribution is 0.0750. The highest BCUT2D eigenvalue weighted by Crippen LogP contribution is 2.46. The van der Waals surface area contributed by atoms with Crippen molar-refractivity contribution in [3.63, 3.8) is 0 Å². The van der Waals surface area contributed by atoms with Crippen LogP contribution in [0.3, 0.4) is 0 Å². The maximum Gasteiger partial charge on any atom is 0.257 e. The van der Waals surface area contributed by atoms with Crippen LogP contribution in [0.25, 0.3) is 0 Å². The SMILES string of the molecule is C=C1C[C@H]2CNc3cc(OCCP(=O)(CCS)CCOc4cc5c(cc4OC)C(=O)N4CC(=C)C[C@H]4C=N5)c(OC)cc3C(=O)N2C1. The zero-order valence-corrected chi connectivity index (χ0v) is 28.6. The normalized spacial score (nSPS) is 21.2. The Morgan fingerprint density at radius 1 is 0.872 bits per heavy atom. The van der Waals surface area contributed by atoms with Gasteiger partial charge in [-0.15, -0.1) is 0 Å². The first kappa shape index (κ1) is 33.0. The molecular weight excluding hydrogens is 639 g/mol. The number of nitrogens with zero attached hydrogens (tertiary/aromatic N) is 3. The molecule has 0 aliphatic carbocycles. The lowest BCUT2D eigenvalue weighted by Gasteiger charge is -2.21. The molecule has 2 aromatic carbocycles. The Morgan fingerprint density at radius 3 is 2.17 bits per heavy atom. The average Bonchev–Trinajstić information content (AvgIpc) is 3.56. The summed E-state index contributed by atoms with van der Waals surface area (Å²) in [7, 11) is 0.303.